The number of hydrogen-bond donors (Lipinski definition) is 2. The lowest BCUT2D eigenvalue weighted by Gasteiger charge is -2.14. The number of nitriles is 2. The molecule has 13 nitrogen and oxygen atoms in total. The third kappa shape index (κ3) is 4.91. The molecule has 0 aliphatic rings. The van der Waals surface area contributed by atoms with E-state index in [0.29, 0.717) is 28.3 Å². The fourth-order valence-corrected chi connectivity index (χ4v) is 3.32. The molecule has 182 valence electrons. The minimum Gasteiger partial charge on any atom is -0.465 e. The summed E-state index contributed by atoms with van der Waals surface area (Å²) in [7, 11) is 2.97. The van der Waals surface area contributed by atoms with Crippen LogP contribution in [0, 0.1) is 29.6 Å². The van der Waals surface area contributed by atoms with E-state index in [1.165, 1.54) is 30.4 Å². The maximum Gasteiger partial charge on any atom is 0.337 e. The highest BCUT2D eigenvalue weighted by atomic mass is 16.5. The molecule has 0 aliphatic heterocycles. The van der Waals surface area contributed by atoms with Gasteiger partial charge < -0.3 is 15.4 Å². The number of benzene rings is 1. The average Bonchev–Trinajstić information content (AvgIpc) is 3.35. The fraction of sp³-hybridized carbons (Fsp3) is 0.125. The third-order valence-electron chi connectivity index (χ3n) is 5.18. The van der Waals surface area contributed by atoms with Gasteiger partial charge in [-0.1, -0.05) is 0 Å². The van der Waals surface area contributed by atoms with Gasteiger partial charge in [0.25, 0.3) is 5.95 Å². The zero-order valence-corrected chi connectivity index (χ0v) is 20.0. The number of methoxy groups -OCH3 is 1. The summed E-state index contributed by atoms with van der Waals surface area (Å²) in [6, 6.07) is 12.4. The van der Waals surface area contributed by atoms with Crippen LogP contribution < -0.4 is 10.6 Å². The van der Waals surface area contributed by atoms with Crippen molar-refractivity contribution in [2.45, 2.75) is 6.92 Å². The number of pyridine rings is 1. The number of nitrogens with zero attached hydrogens (tertiary/aromatic N) is 9. The molecule has 3 heterocycles. The van der Waals surface area contributed by atoms with E-state index in [9.17, 15) is 15.3 Å². The summed E-state index contributed by atoms with van der Waals surface area (Å²) in [5.74, 6) is 0.521. The number of azo groups is 1. The van der Waals surface area contributed by atoms with Crippen molar-refractivity contribution in [1.82, 2.24) is 24.7 Å². The molecular weight excluding hydrogens is 474 g/mol. The highest BCUT2D eigenvalue weighted by Gasteiger charge is 2.19. The van der Waals surface area contributed by atoms with Crippen LogP contribution in [0.1, 0.15) is 27.0 Å². The molecule has 0 spiro atoms. The Morgan fingerprint density at radius 2 is 1.81 bits per heavy atom. The monoisotopic (exact) mass is 493 g/mol. The first kappa shape index (κ1) is 24.4. The van der Waals surface area contributed by atoms with Crippen LogP contribution >= 0.6 is 0 Å². The summed E-state index contributed by atoms with van der Waals surface area (Å²) in [6.07, 6.45) is 4.42. The molecule has 0 fully saturated rings. The Labute approximate surface area is 211 Å². The number of rotatable bonds is 7. The molecule has 0 unspecified atom stereocenters. The molecule has 37 heavy (non-hydrogen) atoms. The molecule has 1 aromatic carbocycles. The van der Waals surface area contributed by atoms with Gasteiger partial charge in [-0.25, -0.2) is 19.7 Å². The van der Waals surface area contributed by atoms with Crippen molar-refractivity contribution in [3.63, 3.8) is 0 Å². The van der Waals surface area contributed by atoms with Crippen molar-refractivity contribution in [3.8, 4) is 18.1 Å². The maximum atomic E-state index is 11.7. The number of ether oxygens (including phenoxy) is 1. The van der Waals surface area contributed by atoms with Gasteiger partial charge in [0.1, 0.15) is 23.4 Å². The number of hydrogen-bond acceptors (Lipinski definition) is 12. The lowest BCUT2D eigenvalue weighted by atomic mass is 10.1. The Balaban J connectivity index is 1.73. The Hall–Kier alpha value is -5.69. The second kappa shape index (κ2) is 10.7. The van der Waals surface area contributed by atoms with Crippen LogP contribution in [0.5, 0.6) is 0 Å². The molecule has 13 heteroatoms. The van der Waals surface area contributed by atoms with E-state index in [-0.39, 0.29) is 28.7 Å². The molecule has 2 N–H and O–H groups in total. The van der Waals surface area contributed by atoms with Gasteiger partial charge >= 0.3 is 5.97 Å². The molecule has 0 saturated heterocycles. The topological polar surface area (TPSA) is 179 Å². The standard InChI is InChI=1S/C24H19N11O2/c1-14-18(12-26)20(31-17-7-5-15(6-8-17)23(36)37-3)32-21(27-2)19(14)33-34-22-16(11-25)13-30-35(22)24-28-9-4-10-29-24/h4-10,13H,1-3H3,(H2,27,31,32)/b34-33+. The normalized spacial score (nSPS) is 10.5. The SMILES string of the molecule is CNc1nc(Nc2ccc(C(=O)OC)cc2)c(C#N)c(C)c1/N=N/c1c(C#N)cnn1-c1ncccn1. The molecule has 0 bridgehead atoms. The number of esters is 1. The lowest BCUT2D eigenvalue weighted by molar-refractivity contribution is 0.0600. The molecule has 4 aromatic rings. The van der Waals surface area contributed by atoms with Gasteiger partial charge in [0.2, 0.25) is 0 Å². The van der Waals surface area contributed by atoms with E-state index in [4.69, 9.17) is 4.74 Å². The summed E-state index contributed by atoms with van der Waals surface area (Å²) in [5, 5.41) is 38.2. The molecule has 0 saturated carbocycles. The molecular formula is C24H19N11O2. The Kier molecular flexibility index (Phi) is 7.07. The number of carbonyl (C=O) groups is 1. The van der Waals surface area contributed by atoms with Crippen LogP contribution in [0.4, 0.5) is 28.8 Å². The summed E-state index contributed by atoms with van der Waals surface area (Å²) >= 11 is 0. The minimum absolute atomic E-state index is 0.126. The van der Waals surface area contributed by atoms with Crippen molar-refractivity contribution in [3.05, 3.63) is 71.2 Å². The largest absolute Gasteiger partial charge is 0.465 e. The Bertz CT molecular complexity index is 1560. The zero-order chi connectivity index (χ0) is 26.4. The lowest BCUT2D eigenvalue weighted by Crippen LogP contribution is -2.05. The van der Waals surface area contributed by atoms with Gasteiger partial charge in [0.15, 0.2) is 17.5 Å². The van der Waals surface area contributed by atoms with E-state index in [2.05, 4.69) is 47.0 Å². The minimum atomic E-state index is -0.454. The van der Waals surface area contributed by atoms with Crippen molar-refractivity contribution >= 4 is 34.8 Å². The first-order valence-corrected chi connectivity index (χ1v) is 10.8. The van der Waals surface area contributed by atoms with Gasteiger partial charge in [-0.2, -0.15) is 20.3 Å². The van der Waals surface area contributed by atoms with Crippen molar-refractivity contribution < 1.29 is 9.53 Å². The van der Waals surface area contributed by atoms with Gasteiger partial charge in [-0.3, -0.25) is 0 Å². The highest BCUT2D eigenvalue weighted by molar-refractivity contribution is 5.90. The van der Waals surface area contributed by atoms with Crippen molar-refractivity contribution in [1.29, 1.82) is 10.5 Å². The molecule has 0 amide bonds. The van der Waals surface area contributed by atoms with Gasteiger partial charge in [0.05, 0.1) is 24.4 Å². The van der Waals surface area contributed by atoms with E-state index in [1.54, 1.807) is 44.3 Å². The van der Waals surface area contributed by atoms with Crippen LogP contribution in [0.3, 0.4) is 0 Å². The first-order chi connectivity index (χ1) is 18.0. The first-order valence-electron chi connectivity index (χ1n) is 10.8. The van der Waals surface area contributed by atoms with E-state index in [1.807, 2.05) is 6.07 Å². The Morgan fingerprint density at radius 3 is 2.43 bits per heavy atom. The van der Waals surface area contributed by atoms with E-state index in [0.717, 1.165) is 0 Å². The van der Waals surface area contributed by atoms with Crippen LogP contribution in [0.25, 0.3) is 5.95 Å². The summed E-state index contributed by atoms with van der Waals surface area (Å²) < 4.78 is 6.01. The van der Waals surface area contributed by atoms with E-state index < -0.39 is 5.97 Å². The number of anilines is 3. The van der Waals surface area contributed by atoms with Gasteiger partial charge in [-0.15, -0.1) is 10.2 Å². The van der Waals surface area contributed by atoms with Crippen molar-refractivity contribution in [2.24, 2.45) is 10.2 Å². The van der Waals surface area contributed by atoms with Gasteiger partial charge in [0, 0.05) is 30.7 Å². The van der Waals surface area contributed by atoms with Crippen molar-refractivity contribution in [2.75, 3.05) is 24.8 Å². The molecule has 0 aliphatic carbocycles. The van der Waals surface area contributed by atoms with Crippen LogP contribution in [0.2, 0.25) is 0 Å². The summed E-state index contributed by atoms with van der Waals surface area (Å²) in [5.41, 5.74) is 2.21. The quantitative estimate of drug-likeness (QED) is 0.281. The average molecular weight is 493 g/mol. The van der Waals surface area contributed by atoms with Crippen LogP contribution in [-0.2, 0) is 4.74 Å². The van der Waals surface area contributed by atoms with E-state index >= 15 is 0 Å². The summed E-state index contributed by atoms with van der Waals surface area (Å²) in [4.78, 5) is 24.5. The number of nitrogens with one attached hydrogen (secondary N) is 2. The second-order valence-electron chi connectivity index (χ2n) is 7.37. The molecule has 0 atom stereocenters. The zero-order valence-electron chi connectivity index (χ0n) is 20.0. The predicted molar refractivity (Wildman–Crippen MR) is 132 cm³/mol. The smallest absolute Gasteiger partial charge is 0.337 e. The maximum absolute atomic E-state index is 11.7. The van der Waals surface area contributed by atoms with Crippen LogP contribution in [-0.4, -0.2) is 44.9 Å². The number of aromatic nitrogens is 5. The summed E-state index contributed by atoms with van der Waals surface area (Å²) in [6.45, 7) is 1.71. The third-order valence-corrected chi connectivity index (χ3v) is 5.18. The second-order valence-corrected chi connectivity index (χ2v) is 7.37. The highest BCUT2D eigenvalue weighted by Crippen LogP contribution is 2.36. The molecule has 3 aromatic heterocycles. The molecule has 4 rings (SSSR count). The molecule has 0 radical (unpaired) electrons. The van der Waals surface area contributed by atoms with Gasteiger partial charge in [-0.05, 0) is 37.3 Å². The number of carbonyl (C=O) groups excluding carboxylic acids is 1. The Morgan fingerprint density at radius 1 is 1.08 bits per heavy atom. The predicted octanol–water partition coefficient (Wildman–Crippen LogP) is 4.10. The fourth-order valence-electron chi connectivity index (χ4n) is 3.32. The van der Waals surface area contributed by atoms with Crippen LogP contribution in [0.15, 0.2) is 59.2 Å².